The van der Waals surface area contributed by atoms with Crippen LogP contribution in [0.5, 0.6) is 5.75 Å². The second-order valence-corrected chi connectivity index (χ2v) is 13.7. The summed E-state index contributed by atoms with van der Waals surface area (Å²) in [6, 6.07) is 25.3. The topological polar surface area (TPSA) is 60.8 Å². The van der Waals surface area contributed by atoms with Crippen molar-refractivity contribution in [3.8, 4) is 16.9 Å². The summed E-state index contributed by atoms with van der Waals surface area (Å²) in [6.45, 7) is 0.498. The molecule has 0 radical (unpaired) electrons. The van der Waals surface area contributed by atoms with E-state index in [1.54, 1.807) is 60.2 Å². The van der Waals surface area contributed by atoms with Gasteiger partial charge in [-0.25, -0.2) is 17.6 Å². The number of ether oxygens (including phenoxy) is 1. The highest BCUT2D eigenvalue weighted by Gasteiger charge is 2.31. The summed E-state index contributed by atoms with van der Waals surface area (Å²) in [6.07, 6.45) is 1.63. The van der Waals surface area contributed by atoms with Crippen LogP contribution in [0.15, 0.2) is 107 Å². The summed E-state index contributed by atoms with van der Waals surface area (Å²) in [5, 5.41) is 2.29. The molecule has 0 unspecified atom stereocenters. The van der Waals surface area contributed by atoms with Crippen molar-refractivity contribution in [1.29, 1.82) is 0 Å². The first-order valence-corrected chi connectivity index (χ1v) is 17.9. The molecule has 1 amide bonds. The van der Waals surface area contributed by atoms with Crippen LogP contribution in [-0.4, -0.2) is 35.3 Å². The minimum Gasteiger partial charge on any atom is -0.385 e. The van der Waals surface area contributed by atoms with E-state index in [0.29, 0.717) is 34.2 Å². The van der Waals surface area contributed by atoms with Gasteiger partial charge in [-0.3, -0.25) is 9.59 Å². The molecule has 6 rings (SSSR count). The highest BCUT2D eigenvalue weighted by molar-refractivity contribution is 7.98. The highest BCUT2D eigenvalue weighted by atomic mass is 32.2. The molecule has 1 aliphatic rings. The van der Waals surface area contributed by atoms with E-state index < -0.39 is 18.1 Å². The number of hydroxylamine groups is 2. The van der Waals surface area contributed by atoms with E-state index >= 15 is 0 Å². The van der Waals surface area contributed by atoms with E-state index in [1.165, 1.54) is 35.4 Å². The van der Waals surface area contributed by atoms with Crippen molar-refractivity contribution >= 4 is 28.6 Å². The number of para-hydroxylation sites is 1. The molecule has 11 heteroatoms. The lowest BCUT2D eigenvalue weighted by molar-refractivity contribution is -0.169. The third-order valence-electron chi connectivity index (χ3n) is 9.36. The summed E-state index contributed by atoms with van der Waals surface area (Å²) in [5.41, 5.74) is 1.94. The molecular formula is C40H38F4N2O4S. The molecule has 0 aliphatic heterocycles. The van der Waals surface area contributed by atoms with Crippen LogP contribution in [0.3, 0.4) is 0 Å². The van der Waals surface area contributed by atoms with Gasteiger partial charge in [0, 0.05) is 42.0 Å². The quantitative estimate of drug-likeness (QED) is 0.0690. The molecule has 1 fully saturated rings. The predicted molar refractivity (Wildman–Crippen MR) is 191 cm³/mol. The van der Waals surface area contributed by atoms with Gasteiger partial charge in [0.25, 0.3) is 12.3 Å². The number of hydrogen-bond donors (Lipinski definition) is 0. The normalized spacial score (nSPS) is 16.0. The van der Waals surface area contributed by atoms with Gasteiger partial charge in [0.2, 0.25) is 0 Å². The van der Waals surface area contributed by atoms with Gasteiger partial charge < -0.3 is 14.1 Å². The fourth-order valence-corrected chi connectivity index (χ4v) is 7.56. The van der Waals surface area contributed by atoms with Crippen LogP contribution in [0.4, 0.5) is 17.6 Å². The average molecular weight is 719 g/mol. The van der Waals surface area contributed by atoms with Crippen molar-refractivity contribution in [3.63, 3.8) is 0 Å². The molecule has 1 aromatic heterocycles. The van der Waals surface area contributed by atoms with Crippen LogP contribution >= 0.6 is 11.8 Å². The number of pyridine rings is 1. The minimum absolute atomic E-state index is 0.0402. The van der Waals surface area contributed by atoms with Crippen molar-refractivity contribution < 1.29 is 31.9 Å². The largest absolute Gasteiger partial charge is 0.385 e. The third kappa shape index (κ3) is 8.65. The Kier molecular flexibility index (Phi) is 11.8. The number of benzene rings is 4. The maximum Gasteiger partial charge on any atom is 0.275 e. The second-order valence-electron chi connectivity index (χ2n) is 12.7. The second kappa shape index (κ2) is 16.6. The van der Waals surface area contributed by atoms with Crippen molar-refractivity contribution in [1.82, 2.24) is 9.63 Å². The Morgan fingerprint density at radius 1 is 0.902 bits per heavy atom. The zero-order chi connectivity index (χ0) is 35.9. The highest BCUT2D eigenvalue weighted by Crippen LogP contribution is 2.33. The van der Waals surface area contributed by atoms with Gasteiger partial charge >= 0.3 is 0 Å². The molecule has 0 atom stereocenters. The number of methoxy groups -OCH3 is 1. The maximum atomic E-state index is 14.6. The molecular weight excluding hydrogens is 681 g/mol. The molecule has 51 heavy (non-hydrogen) atoms. The van der Waals surface area contributed by atoms with Crippen LogP contribution in [0.25, 0.3) is 22.0 Å². The van der Waals surface area contributed by atoms with Gasteiger partial charge in [0.05, 0.1) is 16.6 Å². The van der Waals surface area contributed by atoms with Crippen molar-refractivity contribution in [3.05, 3.63) is 130 Å². The van der Waals surface area contributed by atoms with E-state index in [2.05, 4.69) is 0 Å². The zero-order valence-corrected chi connectivity index (χ0v) is 28.9. The molecule has 1 aliphatic carbocycles. The summed E-state index contributed by atoms with van der Waals surface area (Å²) in [5.74, 6) is -1.30. The summed E-state index contributed by atoms with van der Waals surface area (Å²) in [7, 11) is 1.69. The van der Waals surface area contributed by atoms with E-state index in [1.807, 2.05) is 12.1 Å². The number of rotatable bonds is 13. The fraction of sp³-hybridized carbons (Fsp3) is 0.300. The lowest BCUT2D eigenvalue weighted by Gasteiger charge is -2.36. The van der Waals surface area contributed by atoms with E-state index in [-0.39, 0.29) is 40.8 Å². The number of thioether (sulfide) groups is 1. The number of aromatic nitrogens is 1. The SMILES string of the molecule is COCCC1CCC(N(Oc2ccc(-c3ccc(C(F)F)cc3)cc2)C(=O)Cn2c(SCc3cccc(F)c3F)cc(=O)c3ccccc32)CC1. The summed E-state index contributed by atoms with van der Waals surface area (Å²) in [4.78, 5) is 33.9. The summed E-state index contributed by atoms with van der Waals surface area (Å²) >= 11 is 1.15. The molecule has 5 aromatic rings. The monoisotopic (exact) mass is 718 g/mol. The first-order chi connectivity index (χ1) is 24.7. The van der Waals surface area contributed by atoms with Crippen LogP contribution in [0.2, 0.25) is 0 Å². The Balaban J connectivity index is 1.29. The van der Waals surface area contributed by atoms with Crippen LogP contribution in [0.1, 0.15) is 49.7 Å². The third-order valence-corrected chi connectivity index (χ3v) is 10.4. The van der Waals surface area contributed by atoms with E-state index in [0.717, 1.165) is 61.1 Å². The predicted octanol–water partition coefficient (Wildman–Crippen LogP) is 9.59. The number of hydrogen-bond acceptors (Lipinski definition) is 5. The average Bonchev–Trinajstić information content (AvgIpc) is 3.15. The number of carbonyl (C=O) groups is 1. The van der Waals surface area contributed by atoms with Gasteiger partial charge in [0.15, 0.2) is 22.8 Å². The van der Waals surface area contributed by atoms with Gasteiger partial charge in [-0.05, 0) is 79.5 Å². The van der Waals surface area contributed by atoms with Gasteiger partial charge in [-0.1, -0.05) is 60.7 Å². The Morgan fingerprint density at radius 3 is 2.27 bits per heavy atom. The maximum absolute atomic E-state index is 14.6. The number of nitrogens with zero attached hydrogens (tertiary/aromatic N) is 2. The number of amides is 1. The van der Waals surface area contributed by atoms with Crippen LogP contribution < -0.4 is 10.3 Å². The smallest absolute Gasteiger partial charge is 0.275 e. The molecule has 1 heterocycles. The van der Waals surface area contributed by atoms with Gasteiger partial charge in [0.1, 0.15) is 6.54 Å². The van der Waals surface area contributed by atoms with Gasteiger partial charge in [-0.15, -0.1) is 11.8 Å². The molecule has 0 saturated heterocycles. The standard InChI is InChI=1S/C40H38F4N2O4S/c1-49-22-21-26-9-17-31(18-10-26)46(50-32-19-15-28(16-20-32)27-11-13-29(14-12-27)40(43)44)37(48)24-45-35-8-3-2-6-33(35)36(47)23-38(45)51-25-30-5-4-7-34(41)39(30)42/h2-8,11-16,19-20,23,26,31,40H,9-10,17-18,21-22,24-25H2,1H3. The molecule has 0 bridgehead atoms. The molecule has 266 valence electrons. The summed E-state index contributed by atoms with van der Waals surface area (Å²) < 4.78 is 61.7. The molecule has 6 nitrogen and oxygen atoms in total. The zero-order valence-electron chi connectivity index (χ0n) is 28.1. The molecule has 1 saturated carbocycles. The fourth-order valence-electron chi connectivity index (χ4n) is 6.53. The molecule has 0 spiro atoms. The first-order valence-electron chi connectivity index (χ1n) is 16.9. The lowest BCUT2D eigenvalue weighted by Crippen LogP contribution is -2.46. The Bertz CT molecular complexity index is 2010. The van der Waals surface area contributed by atoms with Crippen molar-refractivity contribution in [2.45, 2.75) is 61.9 Å². The number of halogens is 4. The van der Waals surface area contributed by atoms with E-state index in [4.69, 9.17) is 9.57 Å². The van der Waals surface area contributed by atoms with E-state index in [9.17, 15) is 27.2 Å². The molecule has 0 N–H and O–H groups in total. The number of carbonyl (C=O) groups excluding carboxylic acids is 1. The molecule has 4 aromatic carbocycles. The minimum atomic E-state index is -2.55. The van der Waals surface area contributed by atoms with Crippen LogP contribution in [0, 0.1) is 17.6 Å². The Morgan fingerprint density at radius 2 is 1.59 bits per heavy atom. The van der Waals surface area contributed by atoms with Crippen molar-refractivity contribution in [2.24, 2.45) is 5.92 Å². The van der Waals surface area contributed by atoms with Crippen molar-refractivity contribution in [2.75, 3.05) is 13.7 Å². The van der Waals surface area contributed by atoms with Crippen LogP contribution in [-0.2, 0) is 21.8 Å². The number of alkyl halides is 2. The Labute approximate surface area is 298 Å². The Hall–Kier alpha value is -4.61. The lowest BCUT2D eigenvalue weighted by atomic mass is 9.84. The first kappa shape index (κ1) is 36.2. The number of fused-ring (bicyclic) bond motifs is 1. The van der Waals surface area contributed by atoms with Gasteiger partial charge in [-0.2, -0.15) is 5.06 Å².